The van der Waals surface area contributed by atoms with Crippen molar-refractivity contribution in [2.75, 3.05) is 6.73 Å². The van der Waals surface area contributed by atoms with E-state index in [1.54, 1.807) is 27.7 Å². The molecule has 0 radical (unpaired) electrons. The first-order valence-electron chi connectivity index (χ1n) is 5.86. The van der Waals surface area contributed by atoms with Gasteiger partial charge in [0.25, 0.3) is 5.91 Å². The average Bonchev–Trinajstić information content (AvgIpc) is 2.24. The van der Waals surface area contributed by atoms with Crippen LogP contribution in [-0.4, -0.2) is 28.9 Å². The molecule has 17 heavy (non-hydrogen) atoms. The fourth-order valence-electron chi connectivity index (χ4n) is 1.94. The second-order valence-corrected chi connectivity index (χ2v) is 5.27. The standard InChI is InChI=1S/C13H21NO3/c1-8(2)11(15)13(5,6)14-7-17-10(4)9(3)12(14)16/h8H,7H2,1-6H3. The zero-order valence-corrected chi connectivity index (χ0v) is 11.5. The van der Waals surface area contributed by atoms with Crippen LogP contribution >= 0.6 is 0 Å². The molecule has 0 aromatic rings. The highest BCUT2D eigenvalue weighted by molar-refractivity contribution is 5.99. The summed E-state index contributed by atoms with van der Waals surface area (Å²) in [7, 11) is 0. The topological polar surface area (TPSA) is 46.6 Å². The third-order valence-electron chi connectivity index (χ3n) is 3.31. The minimum Gasteiger partial charge on any atom is -0.477 e. The largest absolute Gasteiger partial charge is 0.477 e. The Labute approximate surface area is 103 Å². The number of hydrogen-bond acceptors (Lipinski definition) is 3. The van der Waals surface area contributed by atoms with E-state index in [-0.39, 0.29) is 24.3 Å². The number of ketones is 1. The Kier molecular flexibility index (Phi) is 3.65. The van der Waals surface area contributed by atoms with Crippen LogP contribution in [0.1, 0.15) is 41.5 Å². The Morgan fingerprint density at radius 3 is 2.35 bits per heavy atom. The molecule has 0 bridgehead atoms. The molecular formula is C13H21NO3. The number of carbonyl (C=O) groups excluding carboxylic acids is 2. The summed E-state index contributed by atoms with van der Waals surface area (Å²) in [5.41, 5.74) is -0.256. The summed E-state index contributed by atoms with van der Waals surface area (Å²) in [6, 6.07) is 0. The summed E-state index contributed by atoms with van der Waals surface area (Å²) in [6.45, 7) is 10.9. The van der Waals surface area contributed by atoms with E-state index in [4.69, 9.17) is 4.74 Å². The average molecular weight is 239 g/mol. The Bertz CT molecular complexity index is 380. The van der Waals surface area contributed by atoms with Gasteiger partial charge in [-0.1, -0.05) is 13.8 Å². The van der Waals surface area contributed by atoms with Crippen LogP contribution in [0.25, 0.3) is 0 Å². The van der Waals surface area contributed by atoms with Crippen LogP contribution in [0.3, 0.4) is 0 Å². The zero-order valence-electron chi connectivity index (χ0n) is 11.5. The van der Waals surface area contributed by atoms with Gasteiger partial charge in [-0.2, -0.15) is 0 Å². The van der Waals surface area contributed by atoms with Crippen molar-refractivity contribution in [3.8, 4) is 0 Å². The van der Waals surface area contributed by atoms with Gasteiger partial charge in [0, 0.05) is 5.92 Å². The maximum Gasteiger partial charge on any atom is 0.256 e. The minimum atomic E-state index is -0.826. The Hall–Kier alpha value is -1.32. The van der Waals surface area contributed by atoms with Gasteiger partial charge in [0.15, 0.2) is 12.5 Å². The van der Waals surface area contributed by atoms with Crippen molar-refractivity contribution in [3.63, 3.8) is 0 Å². The lowest BCUT2D eigenvalue weighted by Gasteiger charge is -2.40. The maximum atomic E-state index is 12.1. The summed E-state index contributed by atoms with van der Waals surface area (Å²) in [5, 5.41) is 0. The number of amides is 1. The number of allylic oxidation sites excluding steroid dienone is 1. The molecule has 1 aliphatic rings. The van der Waals surface area contributed by atoms with E-state index < -0.39 is 5.54 Å². The summed E-state index contributed by atoms with van der Waals surface area (Å²) in [6.07, 6.45) is 0. The molecular weight excluding hydrogens is 218 g/mol. The lowest BCUT2D eigenvalue weighted by Crippen LogP contribution is -2.56. The van der Waals surface area contributed by atoms with Gasteiger partial charge in [0.05, 0.1) is 11.1 Å². The number of carbonyl (C=O) groups is 2. The van der Waals surface area contributed by atoms with Gasteiger partial charge in [-0.05, 0) is 27.7 Å². The number of rotatable bonds is 3. The van der Waals surface area contributed by atoms with Crippen LogP contribution in [0.4, 0.5) is 0 Å². The molecule has 0 atom stereocenters. The first-order chi connectivity index (χ1) is 7.69. The van der Waals surface area contributed by atoms with E-state index in [0.29, 0.717) is 11.3 Å². The van der Waals surface area contributed by atoms with Crippen LogP contribution in [0.5, 0.6) is 0 Å². The van der Waals surface area contributed by atoms with Crippen molar-refractivity contribution in [2.24, 2.45) is 5.92 Å². The first-order valence-corrected chi connectivity index (χ1v) is 5.86. The summed E-state index contributed by atoms with van der Waals surface area (Å²) < 4.78 is 5.42. The number of hydrogen-bond donors (Lipinski definition) is 0. The zero-order chi connectivity index (χ0) is 13.4. The van der Waals surface area contributed by atoms with Gasteiger partial charge in [-0.3, -0.25) is 14.5 Å². The molecule has 4 nitrogen and oxygen atoms in total. The summed E-state index contributed by atoms with van der Waals surface area (Å²) >= 11 is 0. The van der Waals surface area contributed by atoms with Crippen molar-refractivity contribution in [1.29, 1.82) is 0 Å². The van der Waals surface area contributed by atoms with E-state index >= 15 is 0 Å². The predicted molar refractivity (Wildman–Crippen MR) is 65.1 cm³/mol. The molecule has 0 N–H and O–H groups in total. The molecule has 1 amide bonds. The number of nitrogens with zero attached hydrogens (tertiary/aromatic N) is 1. The van der Waals surface area contributed by atoms with Crippen LogP contribution in [-0.2, 0) is 14.3 Å². The smallest absolute Gasteiger partial charge is 0.256 e. The third kappa shape index (κ3) is 2.35. The molecule has 0 aromatic carbocycles. The van der Waals surface area contributed by atoms with Gasteiger partial charge < -0.3 is 4.74 Å². The van der Waals surface area contributed by atoms with Crippen molar-refractivity contribution < 1.29 is 14.3 Å². The van der Waals surface area contributed by atoms with Crippen molar-refractivity contribution in [1.82, 2.24) is 4.90 Å². The van der Waals surface area contributed by atoms with Gasteiger partial charge in [0.1, 0.15) is 5.76 Å². The van der Waals surface area contributed by atoms with E-state index in [1.807, 2.05) is 13.8 Å². The minimum absolute atomic E-state index is 0.0433. The lowest BCUT2D eigenvalue weighted by molar-refractivity contribution is -0.152. The third-order valence-corrected chi connectivity index (χ3v) is 3.31. The first kappa shape index (κ1) is 13.7. The fraction of sp³-hybridized carbons (Fsp3) is 0.692. The predicted octanol–water partition coefficient (Wildman–Crippen LogP) is 2.10. The van der Waals surface area contributed by atoms with Crippen LogP contribution < -0.4 is 0 Å². The van der Waals surface area contributed by atoms with E-state index in [1.165, 1.54) is 4.90 Å². The molecule has 1 rings (SSSR count). The van der Waals surface area contributed by atoms with Gasteiger partial charge in [-0.15, -0.1) is 0 Å². The van der Waals surface area contributed by atoms with Gasteiger partial charge >= 0.3 is 0 Å². The van der Waals surface area contributed by atoms with Crippen molar-refractivity contribution >= 4 is 11.7 Å². The Morgan fingerprint density at radius 1 is 1.35 bits per heavy atom. The Morgan fingerprint density at radius 2 is 1.88 bits per heavy atom. The van der Waals surface area contributed by atoms with Gasteiger partial charge in [0.2, 0.25) is 0 Å². The summed E-state index contributed by atoms with van der Waals surface area (Å²) in [4.78, 5) is 25.8. The van der Waals surface area contributed by atoms with Crippen molar-refractivity contribution in [3.05, 3.63) is 11.3 Å². The molecule has 0 saturated heterocycles. The second-order valence-electron chi connectivity index (χ2n) is 5.27. The normalized spacial score (nSPS) is 17.6. The molecule has 0 unspecified atom stereocenters. The maximum absolute atomic E-state index is 12.1. The highest BCUT2D eigenvalue weighted by Gasteiger charge is 2.41. The molecule has 0 aliphatic carbocycles. The molecule has 0 fully saturated rings. The van der Waals surface area contributed by atoms with E-state index in [0.717, 1.165) is 0 Å². The number of ether oxygens (including phenoxy) is 1. The monoisotopic (exact) mass is 239 g/mol. The van der Waals surface area contributed by atoms with Gasteiger partial charge in [-0.25, -0.2) is 0 Å². The molecule has 96 valence electrons. The fourth-order valence-corrected chi connectivity index (χ4v) is 1.94. The van der Waals surface area contributed by atoms with E-state index in [2.05, 4.69) is 0 Å². The van der Waals surface area contributed by atoms with Crippen LogP contribution in [0.15, 0.2) is 11.3 Å². The molecule has 0 spiro atoms. The van der Waals surface area contributed by atoms with Crippen molar-refractivity contribution in [2.45, 2.75) is 47.1 Å². The molecule has 0 aromatic heterocycles. The van der Waals surface area contributed by atoms with Crippen LogP contribution in [0, 0.1) is 5.92 Å². The lowest BCUT2D eigenvalue weighted by atomic mass is 9.88. The highest BCUT2D eigenvalue weighted by atomic mass is 16.5. The molecule has 0 saturated carbocycles. The molecule has 4 heteroatoms. The highest BCUT2D eigenvalue weighted by Crippen LogP contribution is 2.26. The second kappa shape index (κ2) is 4.51. The Balaban J connectivity index is 3.03. The SMILES string of the molecule is CC1=C(C)C(=O)N(C(C)(C)C(=O)C(C)C)CO1. The summed E-state index contributed by atoms with van der Waals surface area (Å²) in [5.74, 6) is 0.457. The van der Waals surface area contributed by atoms with Crippen LogP contribution in [0.2, 0.25) is 0 Å². The number of Topliss-reactive ketones (excluding diaryl/α,β-unsaturated/α-hetero) is 1. The van der Waals surface area contributed by atoms with E-state index in [9.17, 15) is 9.59 Å². The molecule has 1 aliphatic heterocycles. The molecule has 1 heterocycles. The quantitative estimate of drug-likeness (QED) is 0.757.